The molecule has 1 heterocycles. The van der Waals surface area contributed by atoms with Crippen molar-refractivity contribution in [1.82, 2.24) is 14.5 Å². The molecule has 2 amide bonds. The lowest BCUT2D eigenvalue weighted by atomic mass is 10.1. The zero-order valence-corrected chi connectivity index (χ0v) is 15.4. The van der Waals surface area contributed by atoms with Gasteiger partial charge in [0.15, 0.2) is 0 Å². The molecular weight excluding hydrogens is 330 g/mol. The van der Waals surface area contributed by atoms with E-state index in [2.05, 4.69) is 5.32 Å². The number of para-hydroxylation sites is 1. The molecule has 0 atom stereocenters. The van der Waals surface area contributed by atoms with Crippen molar-refractivity contribution in [2.45, 2.75) is 31.2 Å². The maximum atomic E-state index is 12.8. The number of methoxy groups -OCH3 is 1. The van der Waals surface area contributed by atoms with Crippen LogP contribution in [0.2, 0.25) is 0 Å². The zero-order chi connectivity index (χ0) is 18.0. The van der Waals surface area contributed by atoms with E-state index in [4.69, 9.17) is 4.74 Å². The number of amides is 2. The molecular formula is C16H25N3O4S. The number of carbonyl (C=O) groups excluding carboxylic acids is 1. The van der Waals surface area contributed by atoms with Crippen LogP contribution in [0, 0.1) is 0 Å². The van der Waals surface area contributed by atoms with Crippen molar-refractivity contribution in [2.24, 2.45) is 0 Å². The molecule has 0 radical (unpaired) electrons. The maximum Gasteiger partial charge on any atom is 0.317 e. The molecule has 1 saturated heterocycles. The molecule has 1 aliphatic heterocycles. The molecule has 0 aliphatic carbocycles. The second-order valence-corrected chi connectivity index (χ2v) is 8.63. The molecule has 1 aliphatic rings. The van der Waals surface area contributed by atoms with Crippen LogP contribution < -0.4 is 10.1 Å². The molecule has 0 spiro atoms. The van der Waals surface area contributed by atoms with Crippen molar-refractivity contribution in [1.29, 1.82) is 0 Å². The lowest BCUT2D eigenvalue weighted by Gasteiger charge is -2.35. The van der Waals surface area contributed by atoms with E-state index in [1.165, 1.54) is 17.5 Å². The van der Waals surface area contributed by atoms with Gasteiger partial charge in [0.1, 0.15) is 10.6 Å². The summed E-state index contributed by atoms with van der Waals surface area (Å²) < 4.78 is 32.1. The van der Waals surface area contributed by atoms with Gasteiger partial charge in [-0.15, -0.1) is 0 Å². The Bertz CT molecular complexity index is 690. The van der Waals surface area contributed by atoms with Crippen LogP contribution in [0.1, 0.15) is 20.8 Å². The Labute approximate surface area is 143 Å². The summed E-state index contributed by atoms with van der Waals surface area (Å²) in [5.41, 5.74) is -0.322. The molecule has 0 saturated carbocycles. The summed E-state index contributed by atoms with van der Waals surface area (Å²) in [5.74, 6) is 0.324. The summed E-state index contributed by atoms with van der Waals surface area (Å²) in [4.78, 5) is 14.0. The summed E-state index contributed by atoms with van der Waals surface area (Å²) in [7, 11) is -2.19. The van der Waals surface area contributed by atoms with E-state index in [1.54, 1.807) is 23.1 Å². The minimum Gasteiger partial charge on any atom is -0.495 e. The highest BCUT2D eigenvalue weighted by Gasteiger charge is 2.32. The molecule has 134 valence electrons. The van der Waals surface area contributed by atoms with Crippen molar-refractivity contribution in [3.63, 3.8) is 0 Å². The minimum atomic E-state index is -3.64. The van der Waals surface area contributed by atoms with Crippen LogP contribution in [0.25, 0.3) is 0 Å². The minimum absolute atomic E-state index is 0.153. The predicted molar refractivity (Wildman–Crippen MR) is 91.6 cm³/mol. The van der Waals surface area contributed by atoms with Crippen LogP contribution in [0.15, 0.2) is 29.2 Å². The third kappa shape index (κ3) is 4.18. The first kappa shape index (κ1) is 18.5. The number of hydrogen-bond acceptors (Lipinski definition) is 4. The van der Waals surface area contributed by atoms with Gasteiger partial charge in [-0.2, -0.15) is 4.31 Å². The largest absolute Gasteiger partial charge is 0.495 e. The normalized spacial score (nSPS) is 16.8. The number of urea groups is 1. The van der Waals surface area contributed by atoms with Crippen molar-refractivity contribution >= 4 is 16.1 Å². The number of rotatable bonds is 3. The van der Waals surface area contributed by atoms with Gasteiger partial charge in [0.2, 0.25) is 10.0 Å². The van der Waals surface area contributed by atoms with Crippen LogP contribution in [0.3, 0.4) is 0 Å². The molecule has 0 aromatic heterocycles. The Balaban J connectivity index is 2.07. The van der Waals surface area contributed by atoms with Crippen LogP contribution in [-0.2, 0) is 10.0 Å². The third-order valence-electron chi connectivity index (χ3n) is 3.69. The number of carbonyl (C=O) groups is 1. The van der Waals surface area contributed by atoms with E-state index in [-0.39, 0.29) is 29.6 Å². The van der Waals surface area contributed by atoms with Crippen LogP contribution in [-0.4, -0.2) is 62.5 Å². The molecule has 0 unspecified atom stereocenters. The smallest absolute Gasteiger partial charge is 0.317 e. The molecule has 0 bridgehead atoms. The number of ether oxygens (including phenoxy) is 1. The first-order valence-corrected chi connectivity index (χ1v) is 9.29. The predicted octanol–water partition coefficient (Wildman–Crippen LogP) is 1.51. The van der Waals surface area contributed by atoms with E-state index in [9.17, 15) is 13.2 Å². The Kier molecular flexibility index (Phi) is 5.39. The Morgan fingerprint density at radius 3 is 2.25 bits per heavy atom. The fourth-order valence-electron chi connectivity index (χ4n) is 2.50. The van der Waals surface area contributed by atoms with Gasteiger partial charge >= 0.3 is 6.03 Å². The highest BCUT2D eigenvalue weighted by atomic mass is 32.2. The first-order chi connectivity index (χ1) is 11.1. The molecule has 1 fully saturated rings. The zero-order valence-electron chi connectivity index (χ0n) is 14.6. The molecule has 24 heavy (non-hydrogen) atoms. The summed E-state index contributed by atoms with van der Waals surface area (Å²) in [6, 6.07) is 6.39. The fraction of sp³-hybridized carbons (Fsp3) is 0.562. The Morgan fingerprint density at radius 1 is 1.12 bits per heavy atom. The molecule has 1 N–H and O–H groups in total. The lowest BCUT2D eigenvalue weighted by molar-refractivity contribution is 0.165. The van der Waals surface area contributed by atoms with Gasteiger partial charge in [0.05, 0.1) is 7.11 Å². The van der Waals surface area contributed by atoms with Crippen molar-refractivity contribution < 1.29 is 17.9 Å². The Hall–Kier alpha value is -1.80. The average Bonchev–Trinajstić information content (AvgIpc) is 2.53. The van der Waals surface area contributed by atoms with Gasteiger partial charge in [0, 0.05) is 31.7 Å². The van der Waals surface area contributed by atoms with Crippen molar-refractivity contribution in [3.05, 3.63) is 24.3 Å². The standard InChI is InChI=1S/C16H25N3O4S/c1-16(2,3)17-15(20)18-9-11-19(12-10-18)24(21,22)14-8-6-5-7-13(14)23-4/h5-8H,9-12H2,1-4H3,(H,17,20). The van der Waals surface area contributed by atoms with Gasteiger partial charge in [-0.05, 0) is 32.9 Å². The average molecular weight is 355 g/mol. The SMILES string of the molecule is COc1ccccc1S(=O)(=O)N1CCN(C(=O)NC(C)(C)C)CC1. The molecule has 1 aromatic rings. The van der Waals surface area contributed by atoms with Gasteiger partial charge in [-0.3, -0.25) is 0 Å². The van der Waals surface area contributed by atoms with Crippen LogP contribution >= 0.6 is 0 Å². The van der Waals surface area contributed by atoms with Crippen LogP contribution in [0.5, 0.6) is 5.75 Å². The van der Waals surface area contributed by atoms with E-state index < -0.39 is 10.0 Å². The fourth-order valence-corrected chi connectivity index (χ4v) is 4.08. The lowest BCUT2D eigenvalue weighted by Crippen LogP contribution is -2.55. The number of nitrogens with zero attached hydrogens (tertiary/aromatic N) is 2. The topological polar surface area (TPSA) is 79.0 Å². The number of piperazine rings is 1. The maximum absolute atomic E-state index is 12.8. The second-order valence-electron chi connectivity index (χ2n) is 6.72. The van der Waals surface area contributed by atoms with Gasteiger partial charge in [-0.1, -0.05) is 12.1 Å². The summed E-state index contributed by atoms with van der Waals surface area (Å²) in [5, 5.41) is 2.89. The monoisotopic (exact) mass is 355 g/mol. The highest BCUT2D eigenvalue weighted by Crippen LogP contribution is 2.26. The molecule has 8 heteroatoms. The van der Waals surface area contributed by atoms with E-state index in [1.807, 2.05) is 20.8 Å². The van der Waals surface area contributed by atoms with Gasteiger partial charge < -0.3 is 15.0 Å². The third-order valence-corrected chi connectivity index (χ3v) is 5.63. The molecule has 1 aromatic carbocycles. The second kappa shape index (κ2) is 6.98. The Morgan fingerprint density at radius 2 is 1.71 bits per heavy atom. The summed E-state index contributed by atoms with van der Waals surface area (Å²) >= 11 is 0. The van der Waals surface area contributed by atoms with E-state index >= 15 is 0 Å². The number of hydrogen-bond donors (Lipinski definition) is 1. The van der Waals surface area contributed by atoms with Gasteiger partial charge in [0.25, 0.3) is 0 Å². The van der Waals surface area contributed by atoms with Crippen LogP contribution in [0.4, 0.5) is 4.79 Å². The highest BCUT2D eigenvalue weighted by molar-refractivity contribution is 7.89. The molecule has 7 nitrogen and oxygen atoms in total. The van der Waals surface area contributed by atoms with Crippen molar-refractivity contribution in [2.75, 3.05) is 33.3 Å². The molecule has 2 rings (SSSR count). The van der Waals surface area contributed by atoms with Crippen molar-refractivity contribution in [3.8, 4) is 5.75 Å². The summed E-state index contributed by atoms with van der Waals surface area (Å²) in [6.07, 6.45) is 0. The number of nitrogens with one attached hydrogen (secondary N) is 1. The number of benzene rings is 1. The van der Waals surface area contributed by atoms with E-state index in [0.717, 1.165) is 0 Å². The number of sulfonamides is 1. The quantitative estimate of drug-likeness (QED) is 0.891. The first-order valence-electron chi connectivity index (χ1n) is 7.85. The summed E-state index contributed by atoms with van der Waals surface area (Å²) in [6.45, 7) is 6.97. The van der Waals surface area contributed by atoms with Gasteiger partial charge in [-0.25, -0.2) is 13.2 Å². The van der Waals surface area contributed by atoms with E-state index in [0.29, 0.717) is 18.8 Å².